The summed E-state index contributed by atoms with van der Waals surface area (Å²) in [6, 6.07) is 5.34. The van der Waals surface area contributed by atoms with Crippen LogP contribution in [-0.4, -0.2) is 29.8 Å². The highest BCUT2D eigenvalue weighted by atomic mass is 35.5. The molecule has 0 aromatic heterocycles. The molecule has 0 saturated carbocycles. The third-order valence-corrected chi connectivity index (χ3v) is 5.47. The van der Waals surface area contributed by atoms with Crippen molar-refractivity contribution in [3.63, 3.8) is 0 Å². The number of rotatable bonds is 2. The van der Waals surface area contributed by atoms with Gasteiger partial charge in [0.1, 0.15) is 11.9 Å². The Morgan fingerprint density at radius 2 is 2.26 bits per heavy atom. The van der Waals surface area contributed by atoms with Gasteiger partial charge in [-0.2, -0.15) is 11.8 Å². The van der Waals surface area contributed by atoms with Crippen LogP contribution in [0.3, 0.4) is 0 Å². The fourth-order valence-electron chi connectivity index (χ4n) is 2.69. The van der Waals surface area contributed by atoms with Crippen LogP contribution in [0.1, 0.15) is 19.3 Å². The zero-order valence-corrected chi connectivity index (χ0v) is 12.9. The first-order chi connectivity index (χ1) is 9.17. The Labute approximate surface area is 127 Å². The second-order valence-corrected chi connectivity index (χ2v) is 7.09. The molecule has 2 aliphatic heterocycles. The van der Waals surface area contributed by atoms with Gasteiger partial charge in [-0.15, -0.1) is 0 Å². The SMILES string of the molecule is Clc1ccc(Cl)c(OC2CCOC3(CCSC3)C2)c1. The van der Waals surface area contributed by atoms with Crippen molar-refractivity contribution in [1.29, 1.82) is 0 Å². The normalized spacial score (nSPS) is 30.7. The molecular weight excluding hydrogens is 303 g/mol. The molecule has 1 aromatic rings. The highest BCUT2D eigenvalue weighted by Gasteiger charge is 2.41. The summed E-state index contributed by atoms with van der Waals surface area (Å²) >= 11 is 14.1. The van der Waals surface area contributed by atoms with E-state index in [0.717, 1.165) is 31.6 Å². The molecule has 19 heavy (non-hydrogen) atoms. The fraction of sp³-hybridized carbons (Fsp3) is 0.571. The van der Waals surface area contributed by atoms with Crippen LogP contribution < -0.4 is 4.74 Å². The van der Waals surface area contributed by atoms with Gasteiger partial charge in [-0.25, -0.2) is 0 Å². The third kappa shape index (κ3) is 3.15. The second-order valence-electron chi connectivity index (χ2n) is 5.14. The first-order valence-corrected chi connectivity index (χ1v) is 8.41. The van der Waals surface area contributed by atoms with Crippen LogP contribution >= 0.6 is 35.0 Å². The summed E-state index contributed by atoms with van der Waals surface area (Å²) in [5.74, 6) is 2.95. The van der Waals surface area contributed by atoms with E-state index < -0.39 is 0 Å². The molecule has 2 aliphatic rings. The quantitative estimate of drug-likeness (QED) is 0.803. The van der Waals surface area contributed by atoms with E-state index in [2.05, 4.69) is 0 Å². The van der Waals surface area contributed by atoms with E-state index in [1.165, 1.54) is 5.75 Å². The molecule has 0 amide bonds. The molecule has 2 atom stereocenters. The van der Waals surface area contributed by atoms with Crippen molar-refractivity contribution in [2.75, 3.05) is 18.1 Å². The van der Waals surface area contributed by atoms with E-state index in [0.29, 0.717) is 15.8 Å². The predicted octanol–water partition coefficient (Wildman–Crippen LogP) is 4.43. The summed E-state index contributed by atoms with van der Waals surface area (Å²) in [6.07, 6.45) is 3.15. The van der Waals surface area contributed by atoms with Crippen LogP contribution in [0, 0.1) is 0 Å². The molecule has 2 saturated heterocycles. The Bertz CT molecular complexity index is 461. The Morgan fingerprint density at radius 3 is 3.05 bits per heavy atom. The highest BCUT2D eigenvalue weighted by molar-refractivity contribution is 7.99. The van der Waals surface area contributed by atoms with Crippen LogP contribution in [0.15, 0.2) is 18.2 Å². The first kappa shape index (κ1) is 13.9. The number of halogens is 2. The van der Waals surface area contributed by atoms with E-state index in [1.54, 1.807) is 18.2 Å². The maximum Gasteiger partial charge on any atom is 0.139 e. The average Bonchev–Trinajstić information content (AvgIpc) is 2.82. The smallest absolute Gasteiger partial charge is 0.139 e. The van der Waals surface area contributed by atoms with Gasteiger partial charge >= 0.3 is 0 Å². The Morgan fingerprint density at radius 1 is 1.37 bits per heavy atom. The van der Waals surface area contributed by atoms with Crippen molar-refractivity contribution in [3.05, 3.63) is 28.2 Å². The maximum absolute atomic E-state index is 6.15. The van der Waals surface area contributed by atoms with E-state index in [1.807, 2.05) is 11.8 Å². The van der Waals surface area contributed by atoms with Crippen LogP contribution in [0.25, 0.3) is 0 Å². The van der Waals surface area contributed by atoms with E-state index in [-0.39, 0.29) is 11.7 Å². The minimum atomic E-state index is 0.0264. The molecule has 0 aliphatic carbocycles. The molecule has 5 heteroatoms. The molecule has 0 N–H and O–H groups in total. The minimum absolute atomic E-state index is 0.0264. The van der Waals surface area contributed by atoms with Crippen LogP contribution in [0.4, 0.5) is 0 Å². The fourth-order valence-corrected chi connectivity index (χ4v) is 4.40. The lowest BCUT2D eigenvalue weighted by atomic mass is 9.91. The van der Waals surface area contributed by atoms with Crippen molar-refractivity contribution in [3.8, 4) is 5.75 Å². The molecule has 1 spiro atoms. The topological polar surface area (TPSA) is 18.5 Å². The molecule has 104 valence electrons. The van der Waals surface area contributed by atoms with Crippen molar-refractivity contribution in [1.82, 2.24) is 0 Å². The number of hydrogen-bond acceptors (Lipinski definition) is 3. The summed E-state index contributed by atoms with van der Waals surface area (Å²) in [4.78, 5) is 0. The molecule has 2 fully saturated rings. The molecule has 2 unspecified atom stereocenters. The molecule has 0 radical (unpaired) electrons. The summed E-state index contributed by atoms with van der Waals surface area (Å²) < 4.78 is 12.0. The Balaban J connectivity index is 1.70. The van der Waals surface area contributed by atoms with Gasteiger partial charge in [-0.05, 0) is 24.3 Å². The van der Waals surface area contributed by atoms with Crippen LogP contribution in [-0.2, 0) is 4.74 Å². The standard InChI is InChI=1S/C14H16Cl2O2S/c15-10-1-2-12(16)13(7-10)18-11-3-5-17-14(8-11)4-6-19-9-14/h1-2,7,11H,3-6,8-9H2. The molecule has 1 aromatic carbocycles. The lowest BCUT2D eigenvalue weighted by Crippen LogP contribution is -2.43. The largest absolute Gasteiger partial charge is 0.489 e. The number of thioether (sulfide) groups is 1. The van der Waals surface area contributed by atoms with Crippen molar-refractivity contribution < 1.29 is 9.47 Å². The number of ether oxygens (including phenoxy) is 2. The minimum Gasteiger partial charge on any atom is -0.489 e. The van der Waals surface area contributed by atoms with E-state index in [4.69, 9.17) is 32.7 Å². The van der Waals surface area contributed by atoms with Crippen molar-refractivity contribution >= 4 is 35.0 Å². The molecular formula is C14H16Cl2O2S. The van der Waals surface area contributed by atoms with Crippen molar-refractivity contribution in [2.24, 2.45) is 0 Å². The monoisotopic (exact) mass is 318 g/mol. The highest BCUT2D eigenvalue weighted by Crippen LogP contribution is 2.40. The van der Waals surface area contributed by atoms with E-state index in [9.17, 15) is 0 Å². The van der Waals surface area contributed by atoms with Gasteiger partial charge in [-0.3, -0.25) is 0 Å². The van der Waals surface area contributed by atoms with Crippen LogP contribution in [0.5, 0.6) is 5.75 Å². The average molecular weight is 319 g/mol. The van der Waals surface area contributed by atoms with Crippen LogP contribution in [0.2, 0.25) is 10.0 Å². The zero-order chi connectivity index (χ0) is 13.3. The van der Waals surface area contributed by atoms with Gasteiger partial charge in [0.25, 0.3) is 0 Å². The second kappa shape index (κ2) is 5.72. The zero-order valence-electron chi connectivity index (χ0n) is 10.5. The van der Waals surface area contributed by atoms with Gasteiger partial charge in [0, 0.05) is 29.7 Å². The summed E-state index contributed by atoms with van der Waals surface area (Å²) in [5.41, 5.74) is 0.0264. The van der Waals surface area contributed by atoms with Gasteiger partial charge in [0.2, 0.25) is 0 Å². The van der Waals surface area contributed by atoms with E-state index >= 15 is 0 Å². The summed E-state index contributed by atoms with van der Waals surface area (Å²) in [6.45, 7) is 0.767. The Hall–Kier alpha value is -0.0900. The lowest BCUT2D eigenvalue weighted by molar-refractivity contribution is -0.0958. The maximum atomic E-state index is 6.15. The third-order valence-electron chi connectivity index (χ3n) is 3.70. The van der Waals surface area contributed by atoms with Crippen molar-refractivity contribution in [2.45, 2.75) is 31.0 Å². The molecule has 3 rings (SSSR count). The molecule has 2 heterocycles. The van der Waals surface area contributed by atoms with Gasteiger partial charge in [-0.1, -0.05) is 23.2 Å². The molecule has 0 bridgehead atoms. The first-order valence-electron chi connectivity index (χ1n) is 6.50. The molecule has 2 nitrogen and oxygen atoms in total. The predicted molar refractivity (Wildman–Crippen MR) is 80.7 cm³/mol. The lowest BCUT2D eigenvalue weighted by Gasteiger charge is -2.37. The van der Waals surface area contributed by atoms with Gasteiger partial charge < -0.3 is 9.47 Å². The van der Waals surface area contributed by atoms with Gasteiger partial charge in [0.15, 0.2) is 0 Å². The van der Waals surface area contributed by atoms with Gasteiger partial charge in [0.05, 0.1) is 17.2 Å². The number of benzene rings is 1. The number of hydrogen-bond donors (Lipinski definition) is 0. The summed E-state index contributed by atoms with van der Waals surface area (Å²) in [5, 5.41) is 1.27. The summed E-state index contributed by atoms with van der Waals surface area (Å²) in [7, 11) is 0. The Kier molecular flexibility index (Phi) is 4.18.